The lowest BCUT2D eigenvalue weighted by Gasteiger charge is -2.37. The molecule has 2 aromatic rings. The minimum Gasteiger partial charge on any atom is -0.444 e. The van der Waals surface area contributed by atoms with Gasteiger partial charge in [0.25, 0.3) is 0 Å². The number of amides is 2. The maximum atomic E-state index is 15.5. The second-order valence-corrected chi connectivity index (χ2v) is 13.9. The highest BCUT2D eigenvalue weighted by atomic mass is 19.1. The number of fused-ring (bicyclic) bond motifs is 3. The zero-order valence-corrected chi connectivity index (χ0v) is 27.0. The predicted molar refractivity (Wildman–Crippen MR) is 170 cm³/mol. The molecule has 10 nitrogen and oxygen atoms in total. The largest absolute Gasteiger partial charge is 0.444 e. The Morgan fingerprint density at radius 1 is 1.17 bits per heavy atom. The van der Waals surface area contributed by atoms with Crippen LogP contribution in [0.25, 0.3) is 11.3 Å². The van der Waals surface area contributed by atoms with E-state index in [9.17, 15) is 14.9 Å². The van der Waals surface area contributed by atoms with E-state index >= 15 is 4.39 Å². The molecule has 6 rings (SSSR count). The zero-order chi connectivity index (χ0) is 32.4. The van der Waals surface area contributed by atoms with Gasteiger partial charge in [0.15, 0.2) is 0 Å². The van der Waals surface area contributed by atoms with E-state index in [1.54, 1.807) is 37.8 Å². The number of nitriles is 1. The molecule has 1 saturated carbocycles. The van der Waals surface area contributed by atoms with Crippen molar-refractivity contribution >= 4 is 12.0 Å². The Labute approximate surface area is 271 Å². The van der Waals surface area contributed by atoms with E-state index in [0.717, 1.165) is 69.7 Å². The van der Waals surface area contributed by atoms with Crippen LogP contribution in [-0.4, -0.2) is 89.5 Å². The highest BCUT2D eigenvalue weighted by Crippen LogP contribution is 2.43. The Kier molecular flexibility index (Phi) is 9.59. The third kappa shape index (κ3) is 7.19. The number of hydrogen-bond donors (Lipinski definition) is 1. The first-order valence-corrected chi connectivity index (χ1v) is 16.5. The van der Waals surface area contributed by atoms with Gasteiger partial charge in [0.05, 0.1) is 44.2 Å². The molecule has 3 aliphatic heterocycles. The van der Waals surface area contributed by atoms with Gasteiger partial charge < -0.3 is 19.5 Å². The Morgan fingerprint density at radius 3 is 2.72 bits per heavy atom. The Bertz CT molecular complexity index is 1490. The second-order valence-electron chi connectivity index (χ2n) is 13.9. The average Bonchev–Trinajstić information content (AvgIpc) is 3.61. The summed E-state index contributed by atoms with van der Waals surface area (Å²) in [7, 11) is 0. The molecule has 1 aromatic heterocycles. The lowest BCUT2D eigenvalue weighted by Crippen LogP contribution is -2.55. The van der Waals surface area contributed by atoms with Crippen molar-refractivity contribution in [3.8, 4) is 17.3 Å². The maximum absolute atomic E-state index is 15.5. The number of aromatic nitrogens is 1. The molecule has 46 heavy (non-hydrogen) atoms. The van der Waals surface area contributed by atoms with Gasteiger partial charge in [-0.25, -0.2) is 9.18 Å². The number of rotatable bonds is 6. The third-order valence-corrected chi connectivity index (χ3v) is 9.55. The maximum Gasteiger partial charge on any atom is 0.411 e. The van der Waals surface area contributed by atoms with Gasteiger partial charge in [0.1, 0.15) is 23.5 Å². The summed E-state index contributed by atoms with van der Waals surface area (Å²) in [6.45, 7) is 9.91. The van der Waals surface area contributed by atoms with Crippen LogP contribution in [0.15, 0.2) is 30.3 Å². The van der Waals surface area contributed by atoms with Gasteiger partial charge in [-0.05, 0) is 88.6 Å². The van der Waals surface area contributed by atoms with Crippen LogP contribution in [0.4, 0.5) is 9.18 Å². The van der Waals surface area contributed by atoms with Crippen LogP contribution in [0.1, 0.15) is 64.7 Å². The van der Waals surface area contributed by atoms with Gasteiger partial charge in [0, 0.05) is 31.7 Å². The highest BCUT2D eigenvalue weighted by Gasteiger charge is 2.52. The van der Waals surface area contributed by atoms with Gasteiger partial charge in [-0.1, -0.05) is 18.2 Å². The fraction of sp³-hybridized carbons (Fsp3) is 0.600. The average molecular weight is 636 g/mol. The first-order chi connectivity index (χ1) is 22.1. The molecule has 4 atom stereocenters. The van der Waals surface area contributed by atoms with E-state index in [1.165, 1.54) is 6.07 Å². The number of benzene rings is 1. The molecule has 2 unspecified atom stereocenters. The summed E-state index contributed by atoms with van der Waals surface area (Å²) in [6.07, 6.45) is 3.66. The molecule has 1 aromatic carbocycles. The lowest BCUT2D eigenvalue weighted by atomic mass is 9.97. The van der Waals surface area contributed by atoms with E-state index in [-0.39, 0.29) is 19.8 Å². The van der Waals surface area contributed by atoms with Crippen LogP contribution < -0.4 is 5.32 Å². The summed E-state index contributed by atoms with van der Waals surface area (Å²) in [5.41, 5.74) is 2.96. The fourth-order valence-corrected chi connectivity index (χ4v) is 7.14. The van der Waals surface area contributed by atoms with Crippen molar-refractivity contribution in [2.45, 2.75) is 95.7 Å². The third-order valence-electron chi connectivity index (χ3n) is 9.55. The summed E-state index contributed by atoms with van der Waals surface area (Å²) in [4.78, 5) is 35.3. The summed E-state index contributed by atoms with van der Waals surface area (Å²) in [6, 6.07) is 9.67. The van der Waals surface area contributed by atoms with Crippen LogP contribution in [-0.2, 0) is 38.5 Å². The second kappa shape index (κ2) is 13.6. The van der Waals surface area contributed by atoms with E-state index in [2.05, 4.69) is 16.3 Å². The number of halogens is 1. The molecule has 1 aliphatic carbocycles. The summed E-state index contributed by atoms with van der Waals surface area (Å²) < 4.78 is 32.4. The SMILES string of the molecule is CC(C)(C)OC(=O)N1C2CCC(C2)[C@H]1C(=O)N[C@H](C#N)Cc1ccc(-c2ccc3c(n2)CCCN(C2COC2)CCOC3)cc1F.[HH]. The van der Waals surface area contributed by atoms with Crippen LogP contribution in [0, 0.1) is 23.1 Å². The Balaban J connectivity index is 0.00000433. The molecule has 1 N–H and O–H groups in total. The standard InChI is InChI=1S/C35H44FN5O5.H2/c1-35(2,3)46-34(43)41-27-10-8-24(16-27)32(41)33(42)38-26(18-37)15-22-6-7-23(17-29(22)36)31-11-9-25-19-44-14-13-40(28-20-45-21-28)12-4-5-30(25)39-31;/h6-7,9,11,17,24,26-28,32H,4-5,8,10,12-16,19-21H2,1-3H3,(H,38,42);1H/t24?,26-,27?,32-;/m0./s1. The van der Waals surface area contributed by atoms with Crippen LogP contribution >= 0.6 is 0 Å². The van der Waals surface area contributed by atoms with Crippen molar-refractivity contribution < 1.29 is 29.6 Å². The summed E-state index contributed by atoms with van der Waals surface area (Å²) in [5.74, 6) is -0.848. The molecule has 0 spiro atoms. The van der Waals surface area contributed by atoms with Crippen LogP contribution in [0.3, 0.4) is 0 Å². The summed E-state index contributed by atoms with van der Waals surface area (Å²) in [5, 5.41) is 12.7. The van der Waals surface area contributed by atoms with Crippen molar-refractivity contribution in [2.75, 3.05) is 32.9 Å². The Morgan fingerprint density at radius 2 is 2.00 bits per heavy atom. The van der Waals surface area contributed by atoms with Crippen molar-refractivity contribution in [3.05, 3.63) is 53.0 Å². The molecule has 2 amide bonds. The minimum absolute atomic E-state index is 0. The van der Waals surface area contributed by atoms with E-state index in [4.69, 9.17) is 19.2 Å². The monoisotopic (exact) mass is 635 g/mol. The number of pyridine rings is 1. The number of aryl methyl sites for hydroxylation is 1. The molecule has 2 saturated heterocycles. The number of hydrogen-bond acceptors (Lipinski definition) is 8. The molecule has 0 radical (unpaired) electrons. The molecule has 248 valence electrons. The van der Waals surface area contributed by atoms with Crippen LogP contribution in [0.5, 0.6) is 0 Å². The van der Waals surface area contributed by atoms with Crippen molar-refractivity contribution in [3.63, 3.8) is 0 Å². The van der Waals surface area contributed by atoms with E-state index in [0.29, 0.717) is 36.1 Å². The van der Waals surface area contributed by atoms with Gasteiger partial charge >= 0.3 is 6.09 Å². The molecular formula is C35H46FN5O5. The Hall–Kier alpha value is -3.59. The molecule has 3 fully saturated rings. The lowest BCUT2D eigenvalue weighted by molar-refractivity contribution is -0.128. The number of carbonyl (C=O) groups is 2. The van der Waals surface area contributed by atoms with Gasteiger partial charge in [-0.3, -0.25) is 19.6 Å². The minimum atomic E-state index is -0.957. The molecule has 2 bridgehead atoms. The van der Waals surface area contributed by atoms with E-state index < -0.39 is 35.5 Å². The van der Waals surface area contributed by atoms with Crippen molar-refractivity contribution in [1.29, 1.82) is 5.26 Å². The van der Waals surface area contributed by atoms with Crippen LogP contribution in [0.2, 0.25) is 0 Å². The quantitative estimate of drug-likeness (QED) is 0.488. The number of piperidine rings is 1. The molecule has 11 heteroatoms. The van der Waals surface area contributed by atoms with Crippen molar-refractivity contribution in [2.24, 2.45) is 5.92 Å². The normalized spacial score (nSPS) is 24.4. The van der Waals surface area contributed by atoms with Gasteiger partial charge in [0.2, 0.25) is 5.91 Å². The zero-order valence-electron chi connectivity index (χ0n) is 27.0. The number of nitrogens with zero attached hydrogens (tertiary/aromatic N) is 4. The fourth-order valence-electron chi connectivity index (χ4n) is 7.14. The first-order valence-electron chi connectivity index (χ1n) is 16.5. The molecule has 4 heterocycles. The summed E-state index contributed by atoms with van der Waals surface area (Å²) >= 11 is 0. The van der Waals surface area contributed by atoms with Gasteiger partial charge in [-0.2, -0.15) is 5.26 Å². The topological polar surface area (TPSA) is 117 Å². The number of nitrogens with one attached hydrogen (secondary N) is 1. The van der Waals surface area contributed by atoms with E-state index in [1.807, 2.05) is 12.1 Å². The smallest absolute Gasteiger partial charge is 0.411 e. The first kappa shape index (κ1) is 32.4. The predicted octanol–water partition coefficient (Wildman–Crippen LogP) is 4.64. The van der Waals surface area contributed by atoms with Gasteiger partial charge in [-0.15, -0.1) is 0 Å². The number of ether oxygens (including phenoxy) is 3. The molecule has 4 aliphatic rings. The number of likely N-dealkylation sites (tertiary alicyclic amines) is 1. The molecular weight excluding hydrogens is 589 g/mol. The highest BCUT2D eigenvalue weighted by molar-refractivity contribution is 5.87. The number of carbonyl (C=O) groups excluding carboxylic acids is 2. The van der Waals surface area contributed by atoms with Crippen molar-refractivity contribution in [1.82, 2.24) is 20.1 Å².